The third kappa shape index (κ3) is 3.92. The summed E-state index contributed by atoms with van der Waals surface area (Å²) < 4.78 is 8.15. The number of hydrogen-bond acceptors (Lipinski definition) is 5. The Balaban J connectivity index is 1.61. The molecule has 0 radical (unpaired) electrons. The first kappa shape index (κ1) is 21.1. The van der Waals surface area contributed by atoms with Gasteiger partial charge in [-0.2, -0.15) is 0 Å². The predicted molar refractivity (Wildman–Crippen MR) is 133 cm³/mol. The number of para-hydroxylation sites is 2. The summed E-state index contributed by atoms with van der Waals surface area (Å²) in [6, 6.07) is 21.6. The minimum absolute atomic E-state index is 0.00757. The molecule has 0 saturated carbocycles. The van der Waals surface area contributed by atoms with Crippen LogP contribution in [0.5, 0.6) is 11.5 Å². The predicted octanol–water partition coefficient (Wildman–Crippen LogP) is 5.89. The van der Waals surface area contributed by atoms with Crippen molar-refractivity contribution in [1.82, 2.24) is 9.88 Å². The maximum absolute atomic E-state index is 14.2. The Morgan fingerprint density at radius 3 is 2.31 bits per heavy atom. The van der Waals surface area contributed by atoms with Gasteiger partial charge in [-0.3, -0.25) is 9.69 Å². The highest BCUT2D eigenvalue weighted by atomic mass is 79.9. The number of hydrogen-bond donors (Lipinski definition) is 0. The first-order valence-electron chi connectivity index (χ1n) is 10.4. The molecular weight excluding hydrogens is 486 g/mol. The Morgan fingerprint density at radius 2 is 1.66 bits per heavy atom. The van der Waals surface area contributed by atoms with Gasteiger partial charge in [-0.15, -0.1) is 0 Å². The van der Waals surface area contributed by atoms with Gasteiger partial charge in [-0.25, -0.2) is 4.98 Å². The number of likely N-dealkylation sites (N-methyl/N-ethyl adjacent to an activating group) is 1. The number of ether oxygens (including phenoxy) is 1. The van der Waals surface area contributed by atoms with Crippen LogP contribution in [0.2, 0.25) is 0 Å². The van der Waals surface area contributed by atoms with E-state index < -0.39 is 5.92 Å². The van der Waals surface area contributed by atoms with Gasteiger partial charge in [0.2, 0.25) is 5.91 Å². The zero-order valence-electron chi connectivity index (χ0n) is 17.8. The first-order valence-corrected chi connectivity index (χ1v) is 12.0. The topological polar surface area (TPSA) is 45.7 Å². The van der Waals surface area contributed by atoms with Crippen LogP contribution >= 0.6 is 27.3 Å². The van der Waals surface area contributed by atoms with Crippen molar-refractivity contribution in [3.63, 3.8) is 0 Å². The highest BCUT2D eigenvalue weighted by Gasteiger charge is 2.36. The summed E-state index contributed by atoms with van der Waals surface area (Å²) in [5, 5.41) is 0.714. The number of rotatable bonds is 5. The summed E-state index contributed by atoms with van der Waals surface area (Å²) in [6.45, 7) is 1.28. The van der Waals surface area contributed by atoms with Gasteiger partial charge >= 0.3 is 0 Å². The summed E-state index contributed by atoms with van der Waals surface area (Å²) in [5.41, 5.74) is 2.66. The second kappa shape index (κ2) is 8.65. The fraction of sp³-hybridized carbons (Fsp3) is 0.200. The van der Waals surface area contributed by atoms with Gasteiger partial charge in [0.25, 0.3) is 0 Å². The van der Waals surface area contributed by atoms with Crippen LogP contribution in [-0.4, -0.2) is 43.0 Å². The van der Waals surface area contributed by atoms with E-state index in [0.717, 1.165) is 43.9 Å². The zero-order valence-corrected chi connectivity index (χ0v) is 20.2. The fourth-order valence-corrected chi connectivity index (χ4v) is 5.48. The fourth-order valence-electron chi connectivity index (χ4n) is 3.93. The van der Waals surface area contributed by atoms with Gasteiger partial charge in [-0.05, 0) is 44.4 Å². The third-order valence-electron chi connectivity index (χ3n) is 5.53. The van der Waals surface area contributed by atoms with E-state index in [1.165, 1.54) is 0 Å². The molecule has 0 N–H and O–H groups in total. The number of halogens is 1. The van der Waals surface area contributed by atoms with Gasteiger partial charge in [0.15, 0.2) is 5.13 Å². The number of aromatic nitrogens is 1. The smallest absolute Gasteiger partial charge is 0.241 e. The van der Waals surface area contributed by atoms with Gasteiger partial charge in [-0.1, -0.05) is 63.7 Å². The quantitative estimate of drug-likeness (QED) is 0.337. The molecule has 0 fully saturated rings. The summed E-state index contributed by atoms with van der Waals surface area (Å²) in [4.78, 5) is 22.9. The molecule has 0 bridgehead atoms. The van der Waals surface area contributed by atoms with Gasteiger partial charge in [0, 0.05) is 28.7 Å². The number of fused-ring (bicyclic) bond motifs is 3. The maximum atomic E-state index is 14.2. The largest absolute Gasteiger partial charge is 0.457 e. The highest BCUT2D eigenvalue weighted by molar-refractivity contribution is 9.10. The van der Waals surface area contributed by atoms with Crippen molar-refractivity contribution in [2.24, 2.45) is 0 Å². The third-order valence-corrected chi connectivity index (χ3v) is 7.07. The summed E-state index contributed by atoms with van der Waals surface area (Å²) in [7, 11) is 4.02. The SMILES string of the molecule is CN(C)CCN(C(=O)C1c2ccccc2Oc2ccccc21)c1nc2ccc(Br)cc2s1. The molecule has 32 heavy (non-hydrogen) atoms. The lowest BCUT2D eigenvalue weighted by Crippen LogP contribution is -2.40. The number of carbonyl (C=O) groups excluding carboxylic acids is 1. The van der Waals surface area contributed by atoms with E-state index in [1.54, 1.807) is 11.3 Å². The first-order chi connectivity index (χ1) is 15.5. The Morgan fingerprint density at radius 1 is 1.00 bits per heavy atom. The molecule has 162 valence electrons. The van der Waals surface area contributed by atoms with Crippen molar-refractivity contribution < 1.29 is 9.53 Å². The standard InChI is InChI=1S/C25H22BrN3O2S/c1-28(2)13-14-29(25-27-19-12-11-16(26)15-22(19)32-25)24(30)23-17-7-3-5-9-20(17)31-21-10-6-4-8-18(21)23/h3-12,15,23H,13-14H2,1-2H3. The molecule has 7 heteroatoms. The molecular formula is C25H22BrN3O2S. The molecule has 3 aromatic carbocycles. The molecule has 1 amide bonds. The monoisotopic (exact) mass is 507 g/mol. The van der Waals surface area contributed by atoms with Crippen molar-refractivity contribution in [1.29, 1.82) is 0 Å². The van der Waals surface area contributed by atoms with Gasteiger partial charge in [0.1, 0.15) is 11.5 Å². The Kier molecular flexibility index (Phi) is 5.71. The molecule has 5 nitrogen and oxygen atoms in total. The van der Waals surface area contributed by atoms with E-state index in [-0.39, 0.29) is 5.91 Å². The van der Waals surface area contributed by atoms with E-state index in [9.17, 15) is 4.79 Å². The van der Waals surface area contributed by atoms with E-state index in [1.807, 2.05) is 85.7 Å². The highest BCUT2D eigenvalue weighted by Crippen LogP contribution is 2.45. The molecule has 1 aliphatic rings. The average Bonchev–Trinajstić information content (AvgIpc) is 3.19. The lowest BCUT2D eigenvalue weighted by molar-refractivity contribution is -0.119. The molecule has 1 aromatic heterocycles. The molecule has 0 atom stereocenters. The lowest BCUT2D eigenvalue weighted by atomic mass is 9.87. The van der Waals surface area contributed by atoms with Crippen LogP contribution in [-0.2, 0) is 4.79 Å². The summed E-state index contributed by atoms with van der Waals surface area (Å²) in [6.07, 6.45) is 0. The van der Waals surface area contributed by atoms with E-state index >= 15 is 0 Å². The van der Waals surface area contributed by atoms with E-state index in [4.69, 9.17) is 9.72 Å². The Labute approximate surface area is 199 Å². The number of amides is 1. The van der Waals surface area contributed by atoms with Crippen molar-refractivity contribution in [3.8, 4) is 11.5 Å². The van der Waals surface area contributed by atoms with Gasteiger partial charge < -0.3 is 9.64 Å². The number of carbonyl (C=O) groups is 1. The minimum atomic E-state index is -0.447. The number of thiazole rings is 1. The molecule has 0 saturated heterocycles. The van der Waals surface area contributed by atoms with Crippen LogP contribution in [0.4, 0.5) is 5.13 Å². The van der Waals surface area contributed by atoms with Crippen molar-refractivity contribution in [3.05, 3.63) is 82.3 Å². The van der Waals surface area contributed by atoms with Crippen molar-refractivity contribution in [2.75, 3.05) is 32.1 Å². The number of benzene rings is 3. The van der Waals surface area contributed by atoms with Crippen LogP contribution in [0.1, 0.15) is 17.0 Å². The summed E-state index contributed by atoms with van der Waals surface area (Å²) >= 11 is 5.07. The Hall–Kier alpha value is -2.74. The zero-order chi connectivity index (χ0) is 22.2. The van der Waals surface area contributed by atoms with Gasteiger partial charge in [0.05, 0.1) is 16.1 Å². The van der Waals surface area contributed by atoms with E-state index in [0.29, 0.717) is 11.7 Å². The van der Waals surface area contributed by atoms with Crippen LogP contribution in [0, 0.1) is 0 Å². The second-order valence-corrected chi connectivity index (χ2v) is 9.94. The average molecular weight is 508 g/mol. The summed E-state index contributed by atoms with van der Waals surface area (Å²) in [5.74, 6) is 1.01. The molecule has 0 aliphatic carbocycles. The van der Waals surface area contributed by atoms with Crippen LogP contribution in [0.25, 0.3) is 10.2 Å². The maximum Gasteiger partial charge on any atom is 0.241 e. The molecule has 2 heterocycles. The number of anilines is 1. The minimum Gasteiger partial charge on any atom is -0.457 e. The molecule has 1 aliphatic heterocycles. The van der Waals surface area contributed by atoms with E-state index in [2.05, 4.69) is 20.8 Å². The number of nitrogens with zero attached hydrogens (tertiary/aromatic N) is 3. The van der Waals surface area contributed by atoms with Crippen LogP contribution < -0.4 is 9.64 Å². The Bertz CT molecular complexity index is 1260. The lowest BCUT2D eigenvalue weighted by Gasteiger charge is -2.31. The molecule has 0 unspecified atom stereocenters. The van der Waals surface area contributed by atoms with Crippen LogP contribution in [0.3, 0.4) is 0 Å². The molecule has 0 spiro atoms. The van der Waals surface area contributed by atoms with Crippen molar-refractivity contribution in [2.45, 2.75) is 5.92 Å². The molecule has 4 aromatic rings. The van der Waals surface area contributed by atoms with Crippen molar-refractivity contribution >= 4 is 48.5 Å². The molecule has 5 rings (SSSR count). The second-order valence-electron chi connectivity index (χ2n) is 8.01. The van der Waals surface area contributed by atoms with Crippen LogP contribution in [0.15, 0.2) is 71.2 Å². The normalized spacial score (nSPS) is 13.0.